The van der Waals surface area contributed by atoms with Gasteiger partial charge in [0.15, 0.2) is 0 Å². The summed E-state index contributed by atoms with van der Waals surface area (Å²) in [6.07, 6.45) is 0.275. The van der Waals surface area contributed by atoms with Gasteiger partial charge in [-0.25, -0.2) is 4.79 Å². The number of hydrogen-bond donors (Lipinski definition) is 7. The normalized spacial score (nSPS) is 13.2. The summed E-state index contributed by atoms with van der Waals surface area (Å²) in [6.45, 7) is -0.492. The number of phenolic OH excluding ortho intramolecular Hbond substituents is 1. The minimum Gasteiger partial charge on any atom is -0.508 e. The van der Waals surface area contributed by atoms with E-state index >= 15 is 0 Å². The minimum atomic E-state index is -1.25. The van der Waals surface area contributed by atoms with E-state index in [0.717, 1.165) is 5.56 Å². The average molecular weight is 489 g/mol. The summed E-state index contributed by atoms with van der Waals surface area (Å²) in [7, 11) is 0. The number of phenols is 1. The minimum absolute atomic E-state index is 0.01000. The maximum absolute atomic E-state index is 12.4. The molecule has 0 aliphatic rings. The highest BCUT2D eigenvalue weighted by Gasteiger charge is 2.24. The lowest BCUT2D eigenvalue weighted by Gasteiger charge is -2.20. The maximum Gasteiger partial charge on any atom is 0.326 e. The molecular formula is C23H28N4O6S. The van der Waals surface area contributed by atoms with Crippen LogP contribution in [0.15, 0.2) is 54.6 Å². The molecule has 0 radical (unpaired) electrons. The third kappa shape index (κ3) is 8.75. The maximum atomic E-state index is 12.4. The SMILES string of the molecule is NC(Cc1ccccc1)C(=O)NC(CS)C(=O)NCC(=O)NC(Cc1ccc(O)cc1)C(=O)O. The van der Waals surface area contributed by atoms with Crippen molar-refractivity contribution in [3.8, 4) is 5.75 Å². The molecule has 2 aromatic carbocycles. The average Bonchev–Trinajstić information content (AvgIpc) is 2.82. The zero-order valence-corrected chi connectivity index (χ0v) is 19.2. The summed E-state index contributed by atoms with van der Waals surface area (Å²) in [4.78, 5) is 48.5. The van der Waals surface area contributed by atoms with E-state index in [1.165, 1.54) is 12.1 Å². The van der Waals surface area contributed by atoms with Crippen LogP contribution < -0.4 is 21.7 Å². The lowest BCUT2D eigenvalue weighted by atomic mass is 10.1. The summed E-state index contributed by atoms with van der Waals surface area (Å²) < 4.78 is 0. The molecule has 0 saturated heterocycles. The monoisotopic (exact) mass is 488 g/mol. The third-order valence-corrected chi connectivity index (χ3v) is 5.25. The first kappa shape index (κ1) is 26.7. The Morgan fingerprint density at radius 3 is 2.06 bits per heavy atom. The Hall–Kier alpha value is -3.57. The number of aromatic hydroxyl groups is 1. The number of carbonyl (C=O) groups is 4. The van der Waals surface area contributed by atoms with Crippen LogP contribution in [0.1, 0.15) is 11.1 Å². The molecule has 0 aliphatic carbocycles. The molecular weight excluding hydrogens is 460 g/mol. The van der Waals surface area contributed by atoms with Crippen LogP contribution >= 0.6 is 12.6 Å². The molecule has 3 atom stereocenters. The predicted octanol–water partition coefficient (Wildman–Crippen LogP) is -0.395. The molecule has 0 bridgehead atoms. The fourth-order valence-corrected chi connectivity index (χ4v) is 3.29. The lowest BCUT2D eigenvalue weighted by molar-refractivity contribution is -0.141. The van der Waals surface area contributed by atoms with Gasteiger partial charge in [-0.3, -0.25) is 14.4 Å². The third-order valence-electron chi connectivity index (χ3n) is 4.88. The van der Waals surface area contributed by atoms with Gasteiger partial charge in [0.05, 0.1) is 12.6 Å². The molecule has 0 aromatic heterocycles. The zero-order chi connectivity index (χ0) is 25.1. The Morgan fingerprint density at radius 1 is 0.853 bits per heavy atom. The largest absolute Gasteiger partial charge is 0.508 e. The van der Waals surface area contributed by atoms with Crippen molar-refractivity contribution in [2.24, 2.45) is 5.73 Å². The topological polar surface area (TPSA) is 171 Å². The second-order valence-electron chi connectivity index (χ2n) is 7.59. The molecule has 182 valence electrons. The van der Waals surface area contributed by atoms with Crippen molar-refractivity contribution < 1.29 is 29.4 Å². The van der Waals surface area contributed by atoms with Crippen LogP contribution in [0.25, 0.3) is 0 Å². The molecule has 3 amide bonds. The first-order valence-corrected chi connectivity index (χ1v) is 11.1. The van der Waals surface area contributed by atoms with Crippen molar-refractivity contribution in [3.05, 3.63) is 65.7 Å². The van der Waals surface area contributed by atoms with E-state index in [1.54, 1.807) is 12.1 Å². The van der Waals surface area contributed by atoms with Crippen LogP contribution in [0.2, 0.25) is 0 Å². The van der Waals surface area contributed by atoms with Gasteiger partial charge in [0.1, 0.15) is 17.8 Å². The predicted molar refractivity (Wildman–Crippen MR) is 128 cm³/mol. The number of amides is 3. The van der Waals surface area contributed by atoms with Gasteiger partial charge in [-0.2, -0.15) is 12.6 Å². The number of thiol groups is 1. The molecule has 7 N–H and O–H groups in total. The standard InChI is InChI=1S/C23H28N4O6S/c24-17(10-14-4-2-1-3-5-14)21(30)27-19(13-34)22(31)25-12-20(29)26-18(23(32)33)11-15-6-8-16(28)9-7-15/h1-9,17-19,28,34H,10-13,24H2,(H,25,31)(H,26,29)(H,27,30)(H,32,33). The number of carboxylic acids is 1. The number of carbonyl (C=O) groups excluding carboxylic acids is 3. The molecule has 0 heterocycles. The van der Waals surface area contributed by atoms with Crippen LogP contribution in [0.5, 0.6) is 5.75 Å². The van der Waals surface area contributed by atoms with Crippen LogP contribution in [-0.2, 0) is 32.0 Å². The van der Waals surface area contributed by atoms with Crippen molar-refractivity contribution in [1.29, 1.82) is 0 Å². The lowest BCUT2D eigenvalue weighted by Crippen LogP contribution is -2.54. The fourth-order valence-electron chi connectivity index (χ4n) is 3.04. The van der Waals surface area contributed by atoms with E-state index in [-0.39, 0.29) is 24.3 Å². The van der Waals surface area contributed by atoms with Crippen LogP contribution in [-0.4, -0.2) is 64.3 Å². The molecule has 11 heteroatoms. The highest BCUT2D eigenvalue weighted by molar-refractivity contribution is 7.80. The zero-order valence-electron chi connectivity index (χ0n) is 18.3. The van der Waals surface area contributed by atoms with Gasteiger partial charge in [0, 0.05) is 12.2 Å². The van der Waals surface area contributed by atoms with Gasteiger partial charge in [-0.15, -0.1) is 0 Å². The van der Waals surface area contributed by atoms with Crippen molar-refractivity contribution in [3.63, 3.8) is 0 Å². The summed E-state index contributed by atoms with van der Waals surface area (Å²) in [5.41, 5.74) is 7.39. The summed E-state index contributed by atoms with van der Waals surface area (Å²) in [5.74, 6) is -3.16. The Labute approximate surface area is 202 Å². The van der Waals surface area contributed by atoms with Gasteiger partial charge in [-0.05, 0) is 29.7 Å². The molecule has 0 saturated carbocycles. The van der Waals surface area contributed by atoms with Gasteiger partial charge in [-0.1, -0.05) is 42.5 Å². The van der Waals surface area contributed by atoms with Crippen LogP contribution in [0.3, 0.4) is 0 Å². The van der Waals surface area contributed by atoms with Gasteiger partial charge < -0.3 is 31.9 Å². The number of aliphatic carboxylic acids is 1. The van der Waals surface area contributed by atoms with Crippen molar-refractivity contribution in [2.75, 3.05) is 12.3 Å². The summed E-state index contributed by atoms with van der Waals surface area (Å²) in [6, 6.07) is 11.9. The van der Waals surface area contributed by atoms with E-state index in [9.17, 15) is 29.4 Å². The van der Waals surface area contributed by atoms with E-state index in [2.05, 4.69) is 28.6 Å². The highest BCUT2D eigenvalue weighted by Crippen LogP contribution is 2.11. The Balaban J connectivity index is 1.84. The van der Waals surface area contributed by atoms with Crippen LogP contribution in [0, 0.1) is 0 Å². The van der Waals surface area contributed by atoms with Crippen LogP contribution in [0.4, 0.5) is 0 Å². The molecule has 3 unspecified atom stereocenters. The van der Waals surface area contributed by atoms with Crippen molar-refractivity contribution in [2.45, 2.75) is 31.0 Å². The van der Waals surface area contributed by atoms with E-state index in [4.69, 9.17) is 5.73 Å². The molecule has 2 rings (SSSR count). The number of hydrogen-bond acceptors (Lipinski definition) is 7. The Morgan fingerprint density at radius 2 is 1.47 bits per heavy atom. The smallest absolute Gasteiger partial charge is 0.326 e. The van der Waals surface area contributed by atoms with Crippen molar-refractivity contribution >= 4 is 36.3 Å². The number of benzene rings is 2. The molecule has 0 aliphatic heterocycles. The molecule has 34 heavy (non-hydrogen) atoms. The fraction of sp³-hybridized carbons (Fsp3) is 0.304. The highest BCUT2D eigenvalue weighted by atomic mass is 32.1. The molecule has 10 nitrogen and oxygen atoms in total. The first-order valence-electron chi connectivity index (χ1n) is 10.5. The van der Waals surface area contributed by atoms with E-state index in [1.807, 2.05) is 30.3 Å². The van der Waals surface area contributed by atoms with E-state index in [0.29, 0.717) is 5.56 Å². The number of carboxylic acid groups (broad SMARTS) is 1. The Bertz CT molecular complexity index is 987. The molecule has 2 aromatic rings. The number of nitrogens with one attached hydrogen (secondary N) is 3. The van der Waals surface area contributed by atoms with Gasteiger partial charge in [0.25, 0.3) is 0 Å². The second-order valence-corrected chi connectivity index (χ2v) is 7.95. The molecule has 0 fully saturated rings. The molecule has 0 spiro atoms. The number of nitrogens with two attached hydrogens (primary N) is 1. The number of rotatable bonds is 12. The quantitative estimate of drug-likeness (QED) is 0.199. The van der Waals surface area contributed by atoms with Crippen molar-refractivity contribution in [1.82, 2.24) is 16.0 Å². The van der Waals surface area contributed by atoms with E-state index < -0.39 is 48.4 Å². The summed E-state index contributed by atoms with van der Waals surface area (Å²) >= 11 is 4.07. The second kappa shape index (κ2) is 13.2. The first-order chi connectivity index (χ1) is 16.2. The Kier molecular flexibility index (Phi) is 10.4. The summed E-state index contributed by atoms with van der Waals surface area (Å²) in [5, 5.41) is 25.9. The van der Waals surface area contributed by atoms with Gasteiger partial charge >= 0.3 is 5.97 Å². The van der Waals surface area contributed by atoms with Gasteiger partial charge in [0.2, 0.25) is 17.7 Å².